The van der Waals surface area contributed by atoms with Gasteiger partial charge in [-0.1, -0.05) is 26.7 Å². The van der Waals surface area contributed by atoms with Crippen LogP contribution in [0.5, 0.6) is 5.75 Å². The van der Waals surface area contributed by atoms with Gasteiger partial charge in [0.1, 0.15) is 11.6 Å². The molecule has 1 saturated carbocycles. The van der Waals surface area contributed by atoms with Crippen molar-refractivity contribution in [1.29, 1.82) is 0 Å². The first kappa shape index (κ1) is 18.4. The number of carbonyl (C=O) groups excluding carboxylic acids is 1. The number of amides is 1. The van der Waals surface area contributed by atoms with Gasteiger partial charge in [-0.05, 0) is 54.7 Å². The average molecular weight is 353 g/mol. The number of hydrogen-bond donors (Lipinski definition) is 3. The highest BCUT2D eigenvalue weighted by Crippen LogP contribution is 2.29. The Morgan fingerprint density at radius 1 is 1.25 bits per heavy atom. The Hall–Kier alpha value is -1.89. The Balaban J connectivity index is 1.67. The molecule has 0 heterocycles. The Kier molecular flexibility index (Phi) is 6.78. The summed E-state index contributed by atoms with van der Waals surface area (Å²) in [7, 11) is 0. The van der Waals surface area contributed by atoms with Crippen LogP contribution in [0.25, 0.3) is 0 Å². The van der Waals surface area contributed by atoms with Crippen LogP contribution < -0.4 is 20.9 Å². The molecule has 1 fully saturated rings. The molecule has 1 aliphatic carbocycles. The van der Waals surface area contributed by atoms with Crippen LogP contribution in [-0.2, 0) is 4.79 Å². The smallest absolute Gasteiger partial charge is 0.276 e. The van der Waals surface area contributed by atoms with E-state index in [-0.39, 0.29) is 18.3 Å². The Bertz CT molecular complexity index is 567. The van der Waals surface area contributed by atoms with Crippen LogP contribution in [-0.4, -0.2) is 23.7 Å². The summed E-state index contributed by atoms with van der Waals surface area (Å²) in [6, 6.07) is 5.80. The predicted molar refractivity (Wildman–Crippen MR) is 94.9 cm³/mol. The molecular formula is C17H24FN3O2S. The molecule has 0 bridgehead atoms. The minimum atomic E-state index is -0.367. The summed E-state index contributed by atoms with van der Waals surface area (Å²) < 4.78 is 18.0. The minimum absolute atomic E-state index is 0.182. The third-order valence-electron chi connectivity index (χ3n) is 4.52. The molecule has 2 rings (SSSR count). The summed E-state index contributed by atoms with van der Waals surface area (Å²) in [6.07, 6.45) is 3.51. The third kappa shape index (κ3) is 5.63. The normalized spacial score (nSPS) is 23.2. The largest absolute Gasteiger partial charge is 0.484 e. The highest BCUT2D eigenvalue weighted by atomic mass is 32.1. The molecule has 0 saturated heterocycles. The molecule has 0 aliphatic heterocycles. The van der Waals surface area contributed by atoms with Crippen LogP contribution in [0.2, 0.25) is 0 Å². The summed E-state index contributed by atoms with van der Waals surface area (Å²) in [5.74, 6) is 0.913. The van der Waals surface area contributed by atoms with Crippen molar-refractivity contribution >= 4 is 23.2 Å². The van der Waals surface area contributed by atoms with Crippen molar-refractivity contribution in [3.05, 3.63) is 30.1 Å². The van der Waals surface area contributed by atoms with Gasteiger partial charge in [0.05, 0.1) is 0 Å². The van der Waals surface area contributed by atoms with Gasteiger partial charge in [0.2, 0.25) is 0 Å². The second-order valence-corrected chi connectivity index (χ2v) is 6.67. The molecule has 7 heteroatoms. The highest BCUT2D eigenvalue weighted by Gasteiger charge is 2.27. The number of hydrogen-bond acceptors (Lipinski definition) is 3. The van der Waals surface area contributed by atoms with Crippen LogP contribution in [0, 0.1) is 17.7 Å². The maximum Gasteiger partial charge on any atom is 0.276 e. The van der Waals surface area contributed by atoms with E-state index in [1.165, 1.54) is 37.1 Å². The first-order chi connectivity index (χ1) is 11.5. The summed E-state index contributed by atoms with van der Waals surface area (Å²) >= 11 is 5.22. The molecule has 24 heavy (non-hydrogen) atoms. The lowest BCUT2D eigenvalue weighted by atomic mass is 9.78. The van der Waals surface area contributed by atoms with Crippen molar-refractivity contribution in [2.45, 2.75) is 39.2 Å². The van der Waals surface area contributed by atoms with E-state index in [0.717, 1.165) is 6.42 Å². The fraction of sp³-hybridized carbons (Fsp3) is 0.529. The van der Waals surface area contributed by atoms with Crippen LogP contribution in [0.1, 0.15) is 33.1 Å². The second-order valence-electron chi connectivity index (χ2n) is 6.26. The molecule has 0 radical (unpaired) electrons. The lowest BCUT2D eigenvalue weighted by Crippen LogP contribution is -2.53. The number of benzene rings is 1. The number of carbonyl (C=O) groups is 1. The quantitative estimate of drug-likeness (QED) is 0.574. The van der Waals surface area contributed by atoms with Crippen LogP contribution in [0.3, 0.4) is 0 Å². The van der Waals surface area contributed by atoms with E-state index in [1.807, 2.05) is 0 Å². The molecular weight excluding hydrogens is 329 g/mol. The Labute approximate surface area is 147 Å². The van der Waals surface area contributed by atoms with Crippen molar-refractivity contribution < 1.29 is 13.9 Å². The molecule has 3 N–H and O–H groups in total. The highest BCUT2D eigenvalue weighted by molar-refractivity contribution is 7.80. The van der Waals surface area contributed by atoms with Crippen LogP contribution in [0.15, 0.2) is 24.3 Å². The monoisotopic (exact) mass is 353 g/mol. The molecule has 1 aliphatic rings. The lowest BCUT2D eigenvalue weighted by Gasteiger charge is -2.35. The Morgan fingerprint density at radius 3 is 2.67 bits per heavy atom. The zero-order valence-corrected chi connectivity index (χ0v) is 14.8. The van der Waals surface area contributed by atoms with Gasteiger partial charge >= 0.3 is 0 Å². The van der Waals surface area contributed by atoms with Gasteiger partial charge in [0.15, 0.2) is 11.7 Å². The molecule has 5 nitrogen and oxygen atoms in total. The van der Waals surface area contributed by atoms with Gasteiger partial charge in [0, 0.05) is 6.04 Å². The van der Waals surface area contributed by atoms with Crippen molar-refractivity contribution in [3.8, 4) is 5.75 Å². The van der Waals surface area contributed by atoms with Crippen LogP contribution in [0.4, 0.5) is 4.39 Å². The van der Waals surface area contributed by atoms with Gasteiger partial charge in [-0.2, -0.15) is 0 Å². The first-order valence-electron chi connectivity index (χ1n) is 8.19. The van der Waals surface area contributed by atoms with Gasteiger partial charge in [-0.25, -0.2) is 4.39 Å². The number of halogens is 1. The van der Waals surface area contributed by atoms with Gasteiger partial charge in [0.25, 0.3) is 5.91 Å². The van der Waals surface area contributed by atoms with E-state index in [4.69, 9.17) is 17.0 Å². The second kappa shape index (κ2) is 8.82. The molecule has 0 spiro atoms. The lowest BCUT2D eigenvalue weighted by molar-refractivity contribution is -0.123. The summed E-state index contributed by atoms with van der Waals surface area (Å²) in [4.78, 5) is 11.7. The fourth-order valence-electron chi connectivity index (χ4n) is 2.83. The maximum absolute atomic E-state index is 12.8. The molecule has 132 valence electrons. The van der Waals surface area contributed by atoms with Crippen molar-refractivity contribution in [1.82, 2.24) is 16.2 Å². The topological polar surface area (TPSA) is 62.4 Å². The molecule has 1 aromatic carbocycles. The number of nitrogens with one attached hydrogen (secondary N) is 3. The summed E-state index contributed by atoms with van der Waals surface area (Å²) in [5, 5.41) is 3.66. The zero-order chi connectivity index (χ0) is 17.5. The number of ether oxygens (including phenoxy) is 1. The SMILES string of the molecule is C[C@@H]1[C@H](C)CCC[C@H]1NC(=S)NNC(=O)COc1ccc(F)cc1. The third-order valence-corrected chi connectivity index (χ3v) is 4.74. The van der Waals surface area contributed by atoms with E-state index in [0.29, 0.717) is 28.7 Å². The minimum Gasteiger partial charge on any atom is -0.484 e. The van der Waals surface area contributed by atoms with E-state index >= 15 is 0 Å². The van der Waals surface area contributed by atoms with Gasteiger partial charge < -0.3 is 10.1 Å². The van der Waals surface area contributed by atoms with Crippen molar-refractivity contribution in [2.24, 2.45) is 11.8 Å². The molecule has 1 amide bonds. The zero-order valence-electron chi connectivity index (χ0n) is 14.0. The number of hydrazine groups is 1. The predicted octanol–water partition coefficient (Wildman–Crippen LogP) is 2.52. The summed E-state index contributed by atoms with van der Waals surface area (Å²) in [5.41, 5.74) is 5.18. The first-order valence-corrected chi connectivity index (χ1v) is 8.60. The number of rotatable bonds is 4. The Morgan fingerprint density at radius 2 is 1.96 bits per heavy atom. The molecule has 3 atom stereocenters. The summed E-state index contributed by atoms with van der Waals surface area (Å²) in [6.45, 7) is 4.29. The van der Waals surface area contributed by atoms with Gasteiger partial charge in [-0.15, -0.1) is 0 Å². The molecule has 1 aromatic rings. The average Bonchev–Trinajstić information content (AvgIpc) is 2.56. The maximum atomic E-state index is 12.8. The van der Waals surface area contributed by atoms with E-state index in [1.54, 1.807) is 0 Å². The van der Waals surface area contributed by atoms with E-state index < -0.39 is 0 Å². The molecule has 0 unspecified atom stereocenters. The van der Waals surface area contributed by atoms with Crippen LogP contribution >= 0.6 is 12.2 Å². The van der Waals surface area contributed by atoms with E-state index in [2.05, 4.69) is 30.0 Å². The van der Waals surface area contributed by atoms with E-state index in [9.17, 15) is 9.18 Å². The standard InChI is InChI=1S/C17H24FN3O2S/c1-11-4-3-5-15(12(11)2)19-17(24)21-20-16(22)10-23-14-8-6-13(18)7-9-14/h6-9,11-12,15H,3-5,10H2,1-2H3,(H,20,22)(H2,19,21,24)/t11-,12-,15-/m1/s1. The molecule has 0 aromatic heterocycles. The van der Waals surface area contributed by atoms with Gasteiger partial charge in [-0.3, -0.25) is 15.6 Å². The number of thiocarbonyl (C=S) groups is 1. The van der Waals surface area contributed by atoms with Crippen molar-refractivity contribution in [2.75, 3.05) is 6.61 Å². The van der Waals surface area contributed by atoms with Crippen molar-refractivity contribution in [3.63, 3.8) is 0 Å². The fourth-order valence-corrected chi connectivity index (χ4v) is 3.03.